The van der Waals surface area contributed by atoms with Crippen LogP contribution in [0.1, 0.15) is 70.9 Å². The van der Waals surface area contributed by atoms with E-state index in [1.54, 1.807) is 0 Å². The highest BCUT2D eigenvalue weighted by Gasteiger charge is 2.25. The smallest absolute Gasteiger partial charge is 0.224 e. The molecule has 34 heavy (non-hydrogen) atoms. The maximum Gasteiger partial charge on any atom is 0.224 e. The van der Waals surface area contributed by atoms with E-state index in [0.29, 0.717) is 31.8 Å². The molecule has 2 heterocycles. The Kier molecular flexibility index (Phi) is 8.68. The Labute approximate surface area is 205 Å². The molecule has 0 unspecified atom stereocenters. The SMILES string of the molecule is C/C=C(\OC(C)(C)C)N1CCC(CCCC(=O)Nc2ccc3c(c2)CCN(S(C)(=O)=O)C3)CC1. The maximum absolute atomic E-state index is 12.5. The average molecular weight is 492 g/mol. The van der Waals surface area contributed by atoms with E-state index in [9.17, 15) is 13.2 Å². The number of carbonyl (C=O) groups is 1. The minimum Gasteiger partial charge on any atom is -0.474 e. The second-order valence-electron chi connectivity index (χ2n) is 10.5. The van der Waals surface area contributed by atoms with Crippen molar-refractivity contribution in [3.63, 3.8) is 0 Å². The first-order valence-electron chi connectivity index (χ1n) is 12.4. The predicted molar refractivity (Wildman–Crippen MR) is 137 cm³/mol. The fourth-order valence-corrected chi connectivity index (χ4v) is 5.52. The largest absolute Gasteiger partial charge is 0.474 e. The Balaban J connectivity index is 1.40. The van der Waals surface area contributed by atoms with Gasteiger partial charge in [-0.05, 0) is 95.1 Å². The summed E-state index contributed by atoms with van der Waals surface area (Å²) >= 11 is 0. The maximum atomic E-state index is 12.5. The van der Waals surface area contributed by atoms with Crippen molar-refractivity contribution < 1.29 is 17.9 Å². The van der Waals surface area contributed by atoms with Crippen LogP contribution >= 0.6 is 0 Å². The van der Waals surface area contributed by atoms with Crippen LogP contribution in [0, 0.1) is 5.92 Å². The van der Waals surface area contributed by atoms with E-state index >= 15 is 0 Å². The van der Waals surface area contributed by atoms with Crippen molar-refractivity contribution in [1.29, 1.82) is 0 Å². The van der Waals surface area contributed by atoms with Crippen LogP contribution < -0.4 is 5.32 Å². The van der Waals surface area contributed by atoms with E-state index in [0.717, 1.165) is 61.5 Å². The lowest BCUT2D eigenvalue weighted by Gasteiger charge is -2.37. The van der Waals surface area contributed by atoms with Gasteiger partial charge >= 0.3 is 0 Å². The summed E-state index contributed by atoms with van der Waals surface area (Å²) in [5, 5.41) is 3.02. The van der Waals surface area contributed by atoms with E-state index in [1.807, 2.05) is 25.1 Å². The van der Waals surface area contributed by atoms with E-state index < -0.39 is 10.0 Å². The minimum atomic E-state index is -3.18. The van der Waals surface area contributed by atoms with Gasteiger partial charge in [-0.15, -0.1) is 0 Å². The van der Waals surface area contributed by atoms with E-state index in [-0.39, 0.29) is 11.5 Å². The summed E-state index contributed by atoms with van der Waals surface area (Å²) in [6.45, 7) is 11.1. The molecule has 0 radical (unpaired) electrons. The zero-order valence-electron chi connectivity index (χ0n) is 21.4. The monoisotopic (exact) mass is 491 g/mol. The highest BCUT2D eigenvalue weighted by atomic mass is 32.2. The van der Waals surface area contributed by atoms with Gasteiger partial charge in [-0.25, -0.2) is 8.42 Å². The first-order valence-corrected chi connectivity index (χ1v) is 14.3. The summed E-state index contributed by atoms with van der Waals surface area (Å²) in [4.78, 5) is 14.8. The van der Waals surface area contributed by atoms with E-state index in [1.165, 1.54) is 10.6 Å². The topological polar surface area (TPSA) is 79.0 Å². The Bertz CT molecular complexity index is 990. The Hall–Kier alpha value is -2.06. The third-order valence-electron chi connectivity index (χ3n) is 6.54. The second-order valence-corrected chi connectivity index (χ2v) is 12.5. The normalized spacial score (nSPS) is 18.5. The van der Waals surface area contributed by atoms with Crippen molar-refractivity contribution in [3.05, 3.63) is 41.3 Å². The van der Waals surface area contributed by atoms with Crippen molar-refractivity contribution in [2.24, 2.45) is 5.92 Å². The third-order valence-corrected chi connectivity index (χ3v) is 7.79. The fourth-order valence-electron chi connectivity index (χ4n) is 4.72. The van der Waals surface area contributed by atoms with Gasteiger partial charge in [0.2, 0.25) is 15.9 Å². The molecule has 7 nitrogen and oxygen atoms in total. The summed E-state index contributed by atoms with van der Waals surface area (Å²) in [7, 11) is -3.18. The van der Waals surface area contributed by atoms with E-state index in [4.69, 9.17) is 4.74 Å². The molecule has 0 aliphatic carbocycles. The molecule has 0 aromatic heterocycles. The number of piperidine rings is 1. The van der Waals surface area contributed by atoms with Crippen LogP contribution in [0.25, 0.3) is 0 Å². The first kappa shape index (κ1) is 26.5. The lowest BCUT2D eigenvalue weighted by molar-refractivity contribution is -0.116. The van der Waals surface area contributed by atoms with Crippen LogP contribution in [0.5, 0.6) is 0 Å². The molecule has 0 saturated carbocycles. The number of hydrogen-bond donors (Lipinski definition) is 1. The van der Waals surface area contributed by atoms with Crippen molar-refractivity contribution in [1.82, 2.24) is 9.21 Å². The number of nitrogens with zero attached hydrogens (tertiary/aromatic N) is 2. The zero-order valence-corrected chi connectivity index (χ0v) is 22.2. The summed E-state index contributed by atoms with van der Waals surface area (Å²) in [6, 6.07) is 5.79. The molecule has 0 bridgehead atoms. The van der Waals surface area contributed by atoms with Gasteiger partial charge in [0.1, 0.15) is 5.60 Å². The number of allylic oxidation sites excluding steroid dienone is 1. The lowest BCUT2D eigenvalue weighted by Crippen LogP contribution is -2.36. The van der Waals surface area contributed by atoms with Gasteiger partial charge in [-0.3, -0.25) is 4.79 Å². The van der Waals surface area contributed by atoms with Crippen molar-refractivity contribution in [2.45, 2.75) is 78.4 Å². The number of ether oxygens (including phenoxy) is 1. The molecule has 3 rings (SSSR count). The molecule has 190 valence electrons. The molecule has 1 fully saturated rings. The van der Waals surface area contributed by atoms with Gasteiger partial charge < -0.3 is 15.0 Å². The molecule has 1 N–H and O–H groups in total. The third kappa shape index (κ3) is 7.73. The first-order chi connectivity index (χ1) is 15.9. The number of nitrogens with one attached hydrogen (secondary N) is 1. The molecule has 2 aliphatic heterocycles. The number of hydrogen-bond acceptors (Lipinski definition) is 5. The second kappa shape index (κ2) is 11.1. The minimum absolute atomic E-state index is 0.0423. The number of likely N-dealkylation sites (tertiary alicyclic amines) is 1. The van der Waals surface area contributed by atoms with Gasteiger partial charge in [-0.2, -0.15) is 4.31 Å². The number of sulfonamides is 1. The molecule has 8 heteroatoms. The molecule has 1 aromatic rings. The Morgan fingerprint density at radius 2 is 1.88 bits per heavy atom. The molecule has 2 aliphatic rings. The average Bonchev–Trinajstić information content (AvgIpc) is 2.76. The number of fused-ring (bicyclic) bond motifs is 1. The highest BCUT2D eigenvalue weighted by molar-refractivity contribution is 7.88. The van der Waals surface area contributed by atoms with Crippen molar-refractivity contribution in [3.8, 4) is 0 Å². The van der Waals surface area contributed by atoms with Crippen LogP contribution in [-0.2, 0) is 32.5 Å². The van der Waals surface area contributed by atoms with Gasteiger partial charge in [0.05, 0.1) is 6.26 Å². The lowest BCUT2D eigenvalue weighted by atomic mass is 9.91. The van der Waals surface area contributed by atoms with Crippen LogP contribution in [0.4, 0.5) is 5.69 Å². The Morgan fingerprint density at radius 1 is 1.18 bits per heavy atom. The number of carbonyl (C=O) groups excluding carboxylic acids is 1. The number of anilines is 1. The van der Waals surface area contributed by atoms with Gasteiger partial charge in [-0.1, -0.05) is 6.07 Å². The van der Waals surface area contributed by atoms with Crippen molar-refractivity contribution in [2.75, 3.05) is 31.2 Å². The number of rotatable bonds is 8. The molecule has 1 saturated heterocycles. The molecular weight excluding hydrogens is 450 g/mol. The van der Waals surface area contributed by atoms with E-state index in [2.05, 4.69) is 37.1 Å². The predicted octanol–water partition coefficient (Wildman–Crippen LogP) is 4.50. The van der Waals surface area contributed by atoms with Crippen LogP contribution in [-0.4, -0.2) is 55.0 Å². The number of benzene rings is 1. The molecule has 0 spiro atoms. The molecule has 1 aromatic carbocycles. The van der Waals surface area contributed by atoms with Gasteiger partial charge in [0.25, 0.3) is 0 Å². The van der Waals surface area contributed by atoms with Gasteiger partial charge in [0.15, 0.2) is 5.88 Å². The fraction of sp³-hybridized carbons (Fsp3) is 0.654. The van der Waals surface area contributed by atoms with Crippen LogP contribution in [0.3, 0.4) is 0 Å². The van der Waals surface area contributed by atoms with Crippen LogP contribution in [0.2, 0.25) is 0 Å². The number of amides is 1. The Morgan fingerprint density at radius 3 is 2.50 bits per heavy atom. The summed E-state index contributed by atoms with van der Waals surface area (Å²) in [6.07, 6.45) is 8.70. The molecule has 1 amide bonds. The van der Waals surface area contributed by atoms with Gasteiger partial charge in [0, 0.05) is 38.3 Å². The standard InChI is InChI=1S/C26H41N3O4S/c1-6-25(33-26(2,3)4)28-15-12-20(13-16-28)8-7-9-24(30)27-23-11-10-22-19-29(34(5,31)32)17-14-21(22)18-23/h6,10-11,18,20H,7-9,12-17,19H2,1-5H3,(H,27,30)/b25-6-. The molecular formula is C26H41N3O4S. The highest BCUT2D eigenvalue weighted by Crippen LogP contribution is 2.28. The zero-order chi connectivity index (χ0) is 24.9. The molecule has 0 atom stereocenters. The summed E-state index contributed by atoms with van der Waals surface area (Å²) < 4.78 is 31.2. The van der Waals surface area contributed by atoms with Crippen molar-refractivity contribution >= 4 is 21.6 Å². The summed E-state index contributed by atoms with van der Waals surface area (Å²) in [5.41, 5.74) is 2.72. The van der Waals surface area contributed by atoms with Crippen LogP contribution in [0.15, 0.2) is 30.2 Å². The quantitative estimate of drug-likeness (QED) is 0.542. The summed E-state index contributed by atoms with van der Waals surface area (Å²) in [5.74, 6) is 1.67.